The topological polar surface area (TPSA) is 77.9 Å². The van der Waals surface area contributed by atoms with E-state index in [9.17, 15) is 4.79 Å². The molecule has 0 atom stereocenters. The second-order valence-corrected chi connectivity index (χ2v) is 5.04. The highest BCUT2D eigenvalue weighted by Gasteiger charge is 2.10. The van der Waals surface area contributed by atoms with Crippen molar-refractivity contribution < 1.29 is 9.53 Å². The zero-order valence-electron chi connectivity index (χ0n) is 11.1. The van der Waals surface area contributed by atoms with Gasteiger partial charge in [0.2, 0.25) is 0 Å². The minimum absolute atomic E-state index is 0.175. The normalized spacial score (nSPS) is 10.5. The van der Waals surface area contributed by atoms with Gasteiger partial charge in [-0.05, 0) is 17.8 Å². The van der Waals surface area contributed by atoms with Crippen LogP contribution in [0.15, 0.2) is 53.0 Å². The van der Waals surface area contributed by atoms with Gasteiger partial charge in [-0.15, -0.1) is 0 Å². The highest BCUT2D eigenvalue weighted by atomic mass is 32.2. The van der Waals surface area contributed by atoms with Gasteiger partial charge in [0.1, 0.15) is 16.4 Å². The van der Waals surface area contributed by atoms with Gasteiger partial charge in [0.25, 0.3) is 0 Å². The van der Waals surface area contributed by atoms with Crippen LogP contribution in [0, 0.1) is 0 Å². The van der Waals surface area contributed by atoms with Crippen molar-refractivity contribution in [1.82, 2.24) is 19.9 Å². The van der Waals surface area contributed by atoms with Crippen LogP contribution in [0.2, 0.25) is 0 Å². The largest absolute Gasteiger partial charge is 0.464 e. The third-order valence-electron chi connectivity index (χ3n) is 2.73. The maximum Gasteiger partial charge on any atom is 0.358 e. The lowest BCUT2D eigenvalue weighted by Gasteiger charge is -2.04. The number of nitrogens with zero attached hydrogens (tertiary/aromatic N) is 4. The van der Waals surface area contributed by atoms with Crippen molar-refractivity contribution >= 4 is 28.6 Å². The molecule has 0 radical (unpaired) electrons. The summed E-state index contributed by atoms with van der Waals surface area (Å²) in [4.78, 5) is 28.0. The van der Waals surface area contributed by atoms with Crippen LogP contribution in [0.3, 0.4) is 0 Å². The summed E-state index contributed by atoms with van der Waals surface area (Å²) in [7, 11) is 1.31. The molecule has 0 N–H and O–H groups in total. The molecule has 3 rings (SSSR count). The average molecular weight is 298 g/mol. The number of ether oxygens (including phenoxy) is 1. The Labute approximate surface area is 124 Å². The molecule has 104 valence electrons. The van der Waals surface area contributed by atoms with Crippen molar-refractivity contribution in [1.29, 1.82) is 0 Å². The first-order valence-corrected chi connectivity index (χ1v) is 6.87. The van der Waals surface area contributed by atoms with Gasteiger partial charge in [-0.25, -0.2) is 24.7 Å². The molecule has 0 saturated heterocycles. The second kappa shape index (κ2) is 5.84. The Morgan fingerprint density at radius 3 is 2.71 bits per heavy atom. The van der Waals surface area contributed by atoms with Crippen molar-refractivity contribution in [2.75, 3.05) is 7.11 Å². The number of carbonyl (C=O) groups is 1. The lowest BCUT2D eigenvalue weighted by Crippen LogP contribution is -2.04. The van der Waals surface area contributed by atoms with E-state index in [-0.39, 0.29) is 5.69 Å². The molecule has 2 aromatic heterocycles. The first-order valence-electron chi connectivity index (χ1n) is 6.06. The molecular formula is C14H10N4O2S. The number of rotatable bonds is 3. The lowest BCUT2D eigenvalue weighted by molar-refractivity contribution is 0.0593. The smallest absolute Gasteiger partial charge is 0.358 e. The first-order chi connectivity index (χ1) is 10.3. The molecule has 2 heterocycles. The monoisotopic (exact) mass is 298 g/mol. The van der Waals surface area contributed by atoms with Gasteiger partial charge in [0, 0.05) is 5.39 Å². The minimum Gasteiger partial charge on any atom is -0.464 e. The van der Waals surface area contributed by atoms with Crippen molar-refractivity contribution in [3.63, 3.8) is 0 Å². The van der Waals surface area contributed by atoms with Crippen LogP contribution in [0.5, 0.6) is 0 Å². The van der Waals surface area contributed by atoms with Gasteiger partial charge in [-0.1, -0.05) is 18.2 Å². The Hall–Kier alpha value is -2.54. The number of carbonyl (C=O) groups excluding carboxylic acids is 1. The van der Waals surface area contributed by atoms with Crippen LogP contribution < -0.4 is 0 Å². The molecule has 7 heteroatoms. The van der Waals surface area contributed by atoms with Gasteiger partial charge in [0.15, 0.2) is 5.69 Å². The molecule has 1 aromatic carbocycles. The Kier molecular flexibility index (Phi) is 3.74. The molecule has 0 spiro atoms. The number of hydrogen-bond acceptors (Lipinski definition) is 7. The van der Waals surface area contributed by atoms with Crippen molar-refractivity contribution in [2.24, 2.45) is 0 Å². The molecule has 21 heavy (non-hydrogen) atoms. The van der Waals surface area contributed by atoms with Gasteiger partial charge in [-0.2, -0.15) is 0 Å². The summed E-state index contributed by atoms with van der Waals surface area (Å²) in [6, 6.07) is 7.73. The summed E-state index contributed by atoms with van der Waals surface area (Å²) in [5.74, 6) is -0.508. The fourth-order valence-electron chi connectivity index (χ4n) is 1.74. The number of hydrogen-bond donors (Lipinski definition) is 0. The first kappa shape index (κ1) is 13.4. The van der Waals surface area contributed by atoms with Gasteiger partial charge < -0.3 is 4.74 Å². The van der Waals surface area contributed by atoms with Crippen LogP contribution in [-0.2, 0) is 4.74 Å². The molecule has 0 unspecified atom stereocenters. The fourth-order valence-corrected chi connectivity index (χ4v) is 2.53. The maximum atomic E-state index is 11.3. The van der Waals surface area contributed by atoms with Crippen molar-refractivity contribution in [2.45, 2.75) is 10.1 Å². The predicted molar refractivity (Wildman–Crippen MR) is 77.0 cm³/mol. The molecule has 0 aliphatic carbocycles. The summed E-state index contributed by atoms with van der Waals surface area (Å²) in [5, 5.41) is 2.39. The third-order valence-corrected chi connectivity index (χ3v) is 3.67. The Morgan fingerprint density at radius 1 is 1.10 bits per heavy atom. The SMILES string of the molecule is COC(=O)c1cnc(Sc2ncnc3ccccc23)cn1. The Morgan fingerprint density at radius 2 is 1.95 bits per heavy atom. The number of methoxy groups -OCH3 is 1. The summed E-state index contributed by atoms with van der Waals surface area (Å²) in [5.41, 5.74) is 1.04. The van der Waals surface area contributed by atoms with Crippen LogP contribution in [0.1, 0.15) is 10.5 Å². The number of aromatic nitrogens is 4. The molecule has 0 aliphatic heterocycles. The average Bonchev–Trinajstić information content (AvgIpc) is 2.55. The van der Waals surface area contributed by atoms with E-state index in [1.165, 1.54) is 37.6 Å². The van der Waals surface area contributed by atoms with Crippen molar-refractivity contribution in [3.8, 4) is 0 Å². The molecular weight excluding hydrogens is 288 g/mol. The molecule has 3 aromatic rings. The summed E-state index contributed by atoms with van der Waals surface area (Å²) < 4.78 is 4.58. The highest BCUT2D eigenvalue weighted by Crippen LogP contribution is 2.29. The molecule has 0 bridgehead atoms. The van der Waals surface area contributed by atoms with Crippen LogP contribution in [0.4, 0.5) is 0 Å². The van der Waals surface area contributed by atoms with Gasteiger partial charge >= 0.3 is 5.97 Å². The maximum absolute atomic E-state index is 11.3. The number of esters is 1. The van der Waals surface area contributed by atoms with Crippen LogP contribution in [-0.4, -0.2) is 33.0 Å². The van der Waals surface area contributed by atoms with E-state index in [1.54, 1.807) is 0 Å². The summed E-state index contributed by atoms with van der Waals surface area (Å²) >= 11 is 1.37. The van der Waals surface area contributed by atoms with E-state index >= 15 is 0 Å². The van der Waals surface area contributed by atoms with Gasteiger partial charge in [0.05, 0.1) is 25.0 Å². The highest BCUT2D eigenvalue weighted by molar-refractivity contribution is 7.99. The van der Waals surface area contributed by atoms with E-state index < -0.39 is 5.97 Å². The van der Waals surface area contributed by atoms with Crippen LogP contribution in [0.25, 0.3) is 10.9 Å². The van der Waals surface area contributed by atoms with Crippen LogP contribution >= 0.6 is 11.8 Å². The number of para-hydroxylation sites is 1. The molecule has 0 saturated carbocycles. The molecule has 0 amide bonds. The third kappa shape index (κ3) is 2.82. The standard InChI is InChI=1S/C14H10N4O2S/c1-20-14(19)11-6-16-12(7-15-11)21-13-9-4-2-3-5-10(9)17-8-18-13/h2-8H,1H3. The zero-order valence-corrected chi connectivity index (χ0v) is 11.9. The Balaban J connectivity index is 1.90. The predicted octanol–water partition coefficient (Wildman–Crippen LogP) is 2.36. The summed E-state index contributed by atoms with van der Waals surface area (Å²) in [6.07, 6.45) is 4.42. The Bertz CT molecular complexity index is 787. The van der Waals surface area contributed by atoms with E-state index in [2.05, 4.69) is 24.7 Å². The number of fused-ring (bicyclic) bond motifs is 1. The lowest BCUT2D eigenvalue weighted by atomic mass is 10.2. The number of benzene rings is 1. The molecule has 0 fully saturated rings. The second-order valence-electron chi connectivity index (χ2n) is 4.03. The van der Waals surface area contributed by atoms with Crippen molar-refractivity contribution in [3.05, 3.63) is 48.7 Å². The summed E-state index contributed by atoms with van der Waals surface area (Å²) in [6.45, 7) is 0. The van der Waals surface area contributed by atoms with E-state index in [4.69, 9.17) is 0 Å². The molecule has 0 aliphatic rings. The van der Waals surface area contributed by atoms with Gasteiger partial charge in [-0.3, -0.25) is 0 Å². The van der Waals surface area contributed by atoms with E-state index in [0.29, 0.717) is 5.03 Å². The molecule has 6 nitrogen and oxygen atoms in total. The zero-order chi connectivity index (χ0) is 14.7. The van der Waals surface area contributed by atoms with E-state index in [1.807, 2.05) is 24.3 Å². The quantitative estimate of drug-likeness (QED) is 0.542. The fraction of sp³-hybridized carbons (Fsp3) is 0.0714. The van der Waals surface area contributed by atoms with E-state index in [0.717, 1.165) is 15.9 Å². The minimum atomic E-state index is -0.508.